The summed E-state index contributed by atoms with van der Waals surface area (Å²) in [5, 5.41) is 3.78. The summed E-state index contributed by atoms with van der Waals surface area (Å²) >= 11 is 0. The fraction of sp³-hybridized carbons (Fsp3) is 0.375. The number of ether oxygens (including phenoxy) is 3. The third-order valence-electron chi connectivity index (χ3n) is 7.67. The Kier molecular flexibility index (Phi) is 13.8. The number of methoxy groups -OCH3 is 1. The molecule has 0 atom stereocenters. The Morgan fingerprint density at radius 2 is 1.58 bits per heavy atom. The third kappa shape index (κ3) is 10.8. The van der Waals surface area contributed by atoms with Gasteiger partial charge in [0.25, 0.3) is 0 Å². The van der Waals surface area contributed by atoms with Crippen LogP contribution in [-0.4, -0.2) is 85.7 Å². The van der Waals surface area contributed by atoms with E-state index < -0.39 is 29.3 Å². The first-order valence-corrected chi connectivity index (χ1v) is 17.1. The van der Waals surface area contributed by atoms with E-state index in [-0.39, 0.29) is 17.4 Å². The zero-order valence-electron chi connectivity index (χ0n) is 32.6. The number of amides is 3. The van der Waals surface area contributed by atoms with Crippen LogP contribution < -0.4 is 19.9 Å². The molecule has 0 radical (unpaired) electrons. The van der Waals surface area contributed by atoms with E-state index in [2.05, 4.69) is 34.8 Å². The van der Waals surface area contributed by atoms with Crippen molar-refractivity contribution >= 4 is 64.4 Å². The van der Waals surface area contributed by atoms with E-state index in [4.69, 9.17) is 19.2 Å². The summed E-state index contributed by atoms with van der Waals surface area (Å²) in [6.07, 6.45) is 5.45. The summed E-state index contributed by atoms with van der Waals surface area (Å²) in [6, 6.07) is 11.1. The van der Waals surface area contributed by atoms with E-state index in [1.807, 2.05) is 54.4 Å². The molecule has 0 saturated heterocycles. The van der Waals surface area contributed by atoms with Crippen molar-refractivity contribution < 1.29 is 28.6 Å². The van der Waals surface area contributed by atoms with E-state index in [9.17, 15) is 14.4 Å². The number of nitrogens with one attached hydrogen (secondary N) is 1. The second kappa shape index (κ2) is 17.6. The van der Waals surface area contributed by atoms with Crippen LogP contribution in [0.25, 0.3) is 16.6 Å². The Morgan fingerprint density at radius 3 is 2.15 bits per heavy atom. The van der Waals surface area contributed by atoms with Gasteiger partial charge in [0.2, 0.25) is 11.9 Å². The topological polar surface area (TPSA) is 130 Å². The SMILES string of the molecule is C=CCn1cc(C(=C/C)/N=C(\N=C)N(C(=O)OC(C)(C)C)c2cc(NC(=O)C=C)c(N(C)CCN(C)C(=O)OC(C)(C)C)cc2OC)c2ccccc21. The maximum Gasteiger partial charge on any atom is 0.422 e. The van der Waals surface area contributed by atoms with Crippen molar-refractivity contribution in [3.8, 4) is 5.75 Å². The summed E-state index contributed by atoms with van der Waals surface area (Å²) < 4.78 is 19.3. The van der Waals surface area contributed by atoms with Gasteiger partial charge in [-0.2, -0.15) is 0 Å². The molecule has 3 amide bonds. The van der Waals surface area contributed by atoms with E-state index in [1.54, 1.807) is 67.8 Å². The van der Waals surface area contributed by atoms with E-state index in [1.165, 1.54) is 12.0 Å². The minimum atomic E-state index is -0.906. The molecular formula is C40H53N7O6. The molecule has 13 nitrogen and oxygen atoms in total. The number of guanidine groups is 1. The van der Waals surface area contributed by atoms with E-state index in [0.29, 0.717) is 36.7 Å². The molecule has 3 aromatic rings. The summed E-state index contributed by atoms with van der Waals surface area (Å²) in [6.45, 7) is 24.9. The lowest BCUT2D eigenvalue weighted by atomic mass is 10.1. The highest BCUT2D eigenvalue weighted by molar-refractivity contribution is 6.18. The molecule has 2 aromatic carbocycles. The lowest BCUT2D eigenvalue weighted by Gasteiger charge is -2.30. The van der Waals surface area contributed by atoms with Gasteiger partial charge in [-0.15, -0.1) is 6.58 Å². The Bertz CT molecular complexity index is 1910. The molecule has 0 saturated carbocycles. The average Bonchev–Trinajstić information content (AvgIpc) is 3.45. The van der Waals surface area contributed by atoms with Crippen LogP contribution in [0.1, 0.15) is 54.0 Å². The van der Waals surface area contributed by atoms with Crippen molar-refractivity contribution in [2.24, 2.45) is 9.98 Å². The molecule has 13 heteroatoms. The van der Waals surface area contributed by atoms with Gasteiger partial charge < -0.3 is 33.9 Å². The predicted octanol–water partition coefficient (Wildman–Crippen LogP) is 8.12. The number of aromatic nitrogens is 1. The number of nitrogens with zero attached hydrogens (tertiary/aromatic N) is 6. The number of anilines is 3. The minimum absolute atomic E-state index is 0.104. The first-order chi connectivity index (χ1) is 24.9. The van der Waals surface area contributed by atoms with Crippen molar-refractivity contribution in [1.29, 1.82) is 0 Å². The van der Waals surface area contributed by atoms with Gasteiger partial charge in [-0.3, -0.25) is 4.79 Å². The quantitative estimate of drug-likeness (QED) is 0.0863. The third-order valence-corrected chi connectivity index (χ3v) is 7.67. The first-order valence-electron chi connectivity index (χ1n) is 17.1. The van der Waals surface area contributed by atoms with Gasteiger partial charge in [-0.1, -0.05) is 36.9 Å². The normalized spacial score (nSPS) is 12.1. The molecule has 284 valence electrons. The molecule has 53 heavy (non-hydrogen) atoms. The number of rotatable bonds is 12. The Labute approximate surface area is 312 Å². The molecule has 0 aliphatic rings. The number of likely N-dealkylation sites (N-methyl/N-ethyl adjacent to an activating group) is 2. The maximum absolute atomic E-state index is 14.2. The molecule has 0 aliphatic heterocycles. The van der Waals surface area contributed by atoms with Crippen LogP contribution in [0.4, 0.5) is 26.7 Å². The highest BCUT2D eigenvalue weighted by Gasteiger charge is 2.32. The molecule has 0 aliphatic carbocycles. The van der Waals surface area contributed by atoms with Crippen LogP contribution in [0, 0.1) is 0 Å². The van der Waals surface area contributed by atoms with Crippen molar-refractivity contribution in [1.82, 2.24) is 9.47 Å². The maximum atomic E-state index is 14.2. The molecule has 0 bridgehead atoms. The number of allylic oxidation sites excluding steroid dienone is 2. The minimum Gasteiger partial charge on any atom is -0.494 e. The molecular weight excluding hydrogens is 674 g/mol. The second-order valence-electron chi connectivity index (χ2n) is 14.1. The van der Waals surface area contributed by atoms with Gasteiger partial charge in [0.15, 0.2) is 0 Å². The van der Waals surface area contributed by atoms with Gasteiger partial charge in [0.1, 0.15) is 17.0 Å². The Morgan fingerprint density at radius 1 is 0.943 bits per heavy atom. The number of aliphatic imine (C=N–C) groups is 2. The molecule has 1 heterocycles. The van der Waals surface area contributed by atoms with Crippen molar-refractivity contribution in [2.45, 2.75) is 66.2 Å². The Balaban J connectivity index is 2.23. The number of para-hydroxylation sites is 1. The molecule has 0 unspecified atom stereocenters. The summed E-state index contributed by atoms with van der Waals surface area (Å²) in [5.74, 6) is -0.364. The first kappa shape index (κ1) is 41.6. The van der Waals surface area contributed by atoms with Crippen molar-refractivity contribution in [3.63, 3.8) is 0 Å². The van der Waals surface area contributed by atoms with Crippen LogP contribution in [0.5, 0.6) is 5.75 Å². The summed E-state index contributed by atoms with van der Waals surface area (Å²) in [5.41, 5.74) is 1.74. The summed E-state index contributed by atoms with van der Waals surface area (Å²) in [4.78, 5) is 53.1. The van der Waals surface area contributed by atoms with Gasteiger partial charge in [-0.05, 0) is 73.4 Å². The van der Waals surface area contributed by atoms with Crippen LogP contribution in [0.15, 0.2) is 84.0 Å². The lowest BCUT2D eigenvalue weighted by Crippen LogP contribution is -2.41. The molecule has 1 aromatic heterocycles. The number of hydrogen-bond donors (Lipinski definition) is 1. The van der Waals surface area contributed by atoms with E-state index >= 15 is 0 Å². The number of carbonyl (C=O) groups excluding carboxylic acids is 3. The second-order valence-corrected chi connectivity index (χ2v) is 14.1. The molecule has 0 spiro atoms. The fourth-order valence-corrected chi connectivity index (χ4v) is 5.23. The largest absolute Gasteiger partial charge is 0.494 e. The standard InChI is InChI=1S/C40H53N7O6/c1-14-21-46-26-28(27-19-17-18-20-31(27)46)29(15-2)43-36(41-10)47(38(50)53-40(7,8)9)33-24-30(42-35(48)16-3)32(25-34(33)51-13)44(11)22-23-45(12)37(49)52-39(4,5)6/h14-20,24-26H,1,3,10,21-23H2,2,4-9,11-13H3,(H,42,48)/b29-15-,43-36+. The number of hydrogen-bond acceptors (Lipinski definition) is 8. The van der Waals surface area contributed by atoms with Gasteiger partial charge in [0, 0.05) is 62.5 Å². The van der Waals surface area contributed by atoms with Crippen LogP contribution >= 0.6 is 0 Å². The zero-order chi connectivity index (χ0) is 39.7. The highest BCUT2D eigenvalue weighted by atomic mass is 16.6. The molecule has 0 fully saturated rings. The average molecular weight is 728 g/mol. The smallest absolute Gasteiger partial charge is 0.422 e. The molecule has 3 rings (SSSR count). The predicted molar refractivity (Wildman–Crippen MR) is 215 cm³/mol. The van der Waals surface area contributed by atoms with Gasteiger partial charge >= 0.3 is 12.2 Å². The van der Waals surface area contributed by atoms with Gasteiger partial charge in [-0.25, -0.2) is 24.5 Å². The van der Waals surface area contributed by atoms with Crippen LogP contribution in [0.2, 0.25) is 0 Å². The van der Waals surface area contributed by atoms with Gasteiger partial charge in [0.05, 0.1) is 29.9 Å². The monoisotopic (exact) mass is 727 g/mol. The number of fused-ring (bicyclic) bond motifs is 1. The lowest BCUT2D eigenvalue weighted by molar-refractivity contribution is -0.111. The molecule has 1 N–H and O–H groups in total. The van der Waals surface area contributed by atoms with E-state index in [0.717, 1.165) is 27.4 Å². The zero-order valence-corrected chi connectivity index (χ0v) is 32.6. The fourth-order valence-electron chi connectivity index (χ4n) is 5.23. The van der Waals surface area contributed by atoms with Crippen LogP contribution in [-0.2, 0) is 20.8 Å². The van der Waals surface area contributed by atoms with Crippen molar-refractivity contribution in [3.05, 3.63) is 79.5 Å². The van der Waals surface area contributed by atoms with Crippen LogP contribution in [0.3, 0.4) is 0 Å². The Hall–Kier alpha value is -5.85. The number of carbonyl (C=O) groups is 3. The van der Waals surface area contributed by atoms with Crippen molar-refractivity contribution in [2.75, 3.05) is 49.4 Å². The summed E-state index contributed by atoms with van der Waals surface area (Å²) in [7, 11) is 4.90. The highest BCUT2D eigenvalue weighted by Crippen LogP contribution is 2.40. The number of benzene rings is 2.